The lowest BCUT2D eigenvalue weighted by Crippen LogP contribution is -1.93. The number of hydrogen-bond donors (Lipinski definition) is 3. The molecule has 0 aliphatic carbocycles. The molecule has 0 atom stereocenters. The van der Waals surface area contributed by atoms with E-state index < -0.39 is 11.9 Å². The summed E-state index contributed by atoms with van der Waals surface area (Å²) in [5, 5.41) is 17.0. The molecule has 0 rings (SSSR count). The van der Waals surface area contributed by atoms with Gasteiger partial charge in [0.1, 0.15) is 0 Å². The molecule has 0 amide bonds. The SMILES string of the molecule is CCCCCCCCCCCCCCCC(=O)O.CCCCCCCCCCCCCCCCCC(=O)O.Cl.N. The zero-order valence-electron chi connectivity index (χ0n) is 27.0. The van der Waals surface area contributed by atoms with Crippen molar-refractivity contribution in [1.82, 2.24) is 6.15 Å². The smallest absolute Gasteiger partial charge is 0.303 e. The second kappa shape index (κ2) is 42.7. The highest BCUT2D eigenvalue weighted by Crippen LogP contribution is 2.14. The fraction of sp³-hybridized carbons (Fsp3) is 0.941. The minimum absolute atomic E-state index is 0. The average molecular weight is 594 g/mol. The zero-order chi connectivity index (χ0) is 28.4. The van der Waals surface area contributed by atoms with Gasteiger partial charge in [-0.15, -0.1) is 12.4 Å². The Balaban J connectivity index is -0.000000310. The van der Waals surface area contributed by atoms with Crippen LogP contribution in [0.5, 0.6) is 0 Å². The summed E-state index contributed by atoms with van der Waals surface area (Å²) in [5.41, 5.74) is 0. The van der Waals surface area contributed by atoms with Crippen LogP contribution in [0.25, 0.3) is 0 Å². The van der Waals surface area contributed by atoms with Crippen molar-refractivity contribution in [2.45, 2.75) is 206 Å². The van der Waals surface area contributed by atoms with Crippen LogP contribution in [-0.2, 0) is 9.59 Å². The first-order valence-electron chi connectivity index (χ1n) is 17.0. The minimum Gasteiger partial charge on any atom is -0.481 e. The first kappa shape index (κ1) is 46.2. The molecule has 0 aliphatic heterocycles. The lowest BCUT2D eigenvalue weighted by atomic mass is 10.0. The molecule has 0 bridgehead atoms. The van der Waals surface area contributed by atoms with E-state index in [4.69, 9.17) is 10.2 Å². The molecule has 6 heteroatoms. The van der Waals surface area contributed by atoms with Gasteiger partial charge in [-0.25, -0.2) is 0 Å². The number of carbonyl (C=O) groups is 2. The summed E-state index contributed by atoms with van der Waals surface area (Å²) in [6.45, 7) is 4.53. The van der Waals surface area contributed by atoms with Gasteiger partial charge in [-0.1, -0.05) is 181 Å². The molecule has 0 aliphatic rings. The fourth-order valence-electron chi connectivity index (χ4n) is 4.94. The second-order valence-corrected chi connectivity index (χ2v) is 11.5. The Labute approximate surface area is 256 Å². The lowest BCUT2D eigenvalue weighted by molar-refractivity contribution is -0.138. The second-order valence-electron chi connectivity index (χ2n) is 11.5. The molecule has 0 aromatic carbocycles. The Kier molecular flexibility index (Phi) is 49.2. The molecular weight excluding hydrogens is 522 g/mol. The Morgan fingerprint density at radius 3 is 0.650 bits per heavy atom. The van der Waals surface area contributed by atoms with Crippen LogP contribution in [0.3, 0.4) is 0 Å². The van der Waals surface area contributed by atoms with Crippen LogP contribution in [0.15, 0.2) is 0 Å². The Morgan fingerprint density at radius 1 is 0.350 bits per heavy atom. The third-order valence-electron chi connectivity index (χ3n) is 7.49. The van der Waals surface area contributed by atoms with Crippen LogP contribution in [0.2, 0.25) is 0 Å². The number of carboxylic acid groups (broad SMARTS) is 2. The average Bonchev–Trinajstić information content (AvgIpc) is 2.89. The summed E-state index contributed by atoms with van der Waals surface area (Å²) in [6, 6.07) is 0. The summed E-state index contributed by atoms with van der Waals surface area (Å²) in [4.78, 5) is 20.6. The number of rotatable bonds is 30. The predicted octanol–water partition coefficient (Wildman–Crippen LogP) is 12.5. The standard InChI is InChI=1S/C18H36O2.C16H32O2.ClH.H3N/c1-2-3-4-5-6-7-8-9-10-11-12-13-14-15-16-17-18(19)20;1-2-3-4-5-6-7-8-9-10-11-12-13-14-15-16(17)18;;/h2-17H2,1H3,(H,19,20);2-15H2,1H3,(H,17,18);1H;1H3. The summed E-state index contributed by atoms with van der Waals surface area (Å²) in [5.74, 6) is -1.31. The molecule has 0 fully saturated rings. The van der Waals surface area contributed by atoms with Gasteiger partial charge in [-0.3, -0.25) is 9.59 Å². The third-order valence-corrected chi connectivity index (χ3v) is 7.49. The van der Waals surface area contributed by atoms with Gasteiger partial charge in [0.15, 0.2) is 0 Å². The van der Waals surface area contributed by atoms with Crippen molar-refractivity contribution in [3.05, 3.63) is 0 Å². The van der Waals surface area contributed by atoms with E-state index in [1.807, 2.05) is 0 Å². The Morgan fingerprint density at radius 2 is 0.500 bits per heavy atom. The highest BCUT2D eigenvalue weighted by Gasteiger charge is 1.98. The molecule has 0 saturated heterocycles. The minimum atomic E-state index is -0.655. The number of hydrogen-bond acceptors (Lipinski definition) is 3. The fourth-order valence-corrected chi connectivity index (χ4v) is 4.94. The summed E-state index contributed by atoms with van der Waals surface area (Å²) >= 11 is 0. The van der Waals surface area contributed by atoms with Crippen molar-refractivity contribution in [3.8, 4) is 0 Å². The van der Waals surface area contributed by atoms with E-state index in [1.54, 1.807) is 0 Å². The van der Waals surface area contributed by atoms with Crippen molar-refractivity contribution in [3.63, 3.8) is 0 Å². The molecule has 0 unspecified atom stereocenters. The molecule has 244 valence electrons. The molecule has 0 spiro atoms. The Bertz CT molecular complexity index is 477. The van der Waals surface area contributed by atoms with Gasteiger partial charge in [0.2, 0.25) is 0 Å². The monoisotopic (exact) mass is 594 g/mol. The lowest BCUT2D eigenvalue weighted by Gasteiger charge is -2.03. The highest BCUT2D eigenvalue weighted by atomic mass is 35.5. The number of halogens is 1. The maximum Gasteiger partial charge on any atom is 0.303 e. The van der Waals surface area contributed by atoms with Gasteiger partial charge in [0.25, 0.3) is 0 Å². The summed E-state index contributed by atoms with van der Waals surface area (Å²) < 4.78 is 0. The maximum atomic E-state index is 10.3. The Hall–Kier alpha value is -0.810. The van der Waals surface area contributed by atoms with E-state index in [2.05, 4.69) is 13.8 Å². The van der Waals surface area contributed by atoms with Crippen molar-refractivity contribution < 1.29 is 19.8 Å². The molecule has 5 N–H and O–H groups in total. The van der Waals surface area contributed by atoms with Crippen LogP contribution in [-0.4, -0.2) is 22.2 Å². The van der Waals surface area contributed by atoms with E-state index in [0.29, 0.717) is 12.8 Å². The van der Waals surface area contributed by atoms with Gasteiger partial charge in [-0.05, 0) is 12.8 Å². The van der Waals surface area contributed by atoms with Crippen molar-refractivity contribution in [2.24, 2.45) is 0 Å². The predicted molar refractivity (Wildman–Crippen MR) is 177 cm³/mol. The molecule has 0 heterocycles. The molecule has 40 heavy (non-hydrogen) atoms. The van der Waals surface area contributed by atoms with Crippen LogP contribution < -0.4 is 6.15 Å². The normalized spacial score (nSPS) is 10.2. The number of unbranched alkanes of at least 4 members (excludes halogenated alkanes) is 26. The zero-order valence-corrected chi connectivity index (χ0v) is 27.9. The summed E-state index contributed by atoms with van der Waals surface area (Å²) in [6.07, 6.45) is 37.5. The van der Waals surface area contributed by atoms with E-state index in [-0.39, 0.29) is 18.6 Å². The molecule has 0 radical (unpaired) electrons. The number of carboxylic acids is 2. The van der Waals surface area contributed by atoms with Crippen molar-refractivity contribution in [2.75, 3.05) is 0 Å². The van der Waals surface area contributed by atoms with E-state index in [0.717, 1.165) is 25.7 Å². The van der Waals surface area contributed by atoms with Gasteiger partial charge >= 0.3 is 11.9 Å². The topological polar surface area (TPSA) is 110 Å². The third kappa shape index (κ3) is 50.1. The van der Waals surface area contributed by atoms with Crippen LogP contribution in [0.4, 0.5) is 0 Å². The van der Waals surface area contributed by atoms with Crippen molar-refractivity contribution >= 4 is 24.3 Å². The molecule has 5 nitrogen and oxygen atoms in total. The molecule has 0 aromatic heterocycles. The van der Waals surface area contributed by atoms with Crippen LogP contribution in [0, 0.1) is 0 Å². The van der Waals surface area contributed by atoms with Crippen LogP contribution >= 0.6 is 12.4 Å². The first-order chi connectivity index (χ1) is 18.5. The van der Waals surface area contributed by atoms with E-state index >= 15 is 0 Å². The van der Waals surface area contributed by atoms with Crippen molar-refractivity contribution in [1.29, 1.82) is 0 Å². The van der Waals surface area contributed by atoms with Gasteiger partial charge in [0.05, 0.1) is 0 Å². The largest absolute Gasteiger partial charge is 0.481 e. The molecule has 0 saturated carbocycles. The summed E-state index contributed by atoms with van der Waals surface area (Å²) in [7, 11) is 0. The van der Waals surface area contributed by atoms with Crippen LogP contribution in [0.1, 0.15) is 206 Å². The molecule has 0 aromatic rings. The quantitative estimate of drug-likeness (QED) is 0.0717. The van der Waals surface area contributed by atoms with E-state index in [1.165, 1.54) is 154 Å². The maximum absolute atomic E-state index is 10.3. The highest BCUT2D eigenvalue weighted by molar-refractivity contribution is 5.85. The van der Waals surface area contributed by atoms with Gasteiger partial charge < -0.3 is 16.4 Å². The first-order valence-corrected chi connectivity index (χ1v) is 17.0. The molecular formula is C34H72ClNO4. The van der Waals surface area contributed by atoms with Gasteiger partial charge in [-0.2, -0.15) is 0 Å². The number of aliphatic carboxylic acids is 2. The van der Waals surface area contributed by atoms with Gasteiger partial charge in [0, 0.05) is 12.8 Å². The van der Waals surface area contributed by atoms with E-state index in [9.17, 15) is 9.59 Å².